The number of carboxylic acids is 1. The highest BCUT2D eigenvalue weighted by Gasteiger charge is 2.38. The summed E-state index contributed by atoms with van der Waals surface area (Å²) in [5, 5.41) is 10.2. The average Bonchev–Trinajstić information content (AvgIpc) is 3.62. The van der Waals surface area contributed by atoms with Crippen LogP contribution in [0.3, 0.4) is 0 Å². The van der Waals surface area contributed by atoms with Gasteiger partial charge in [-0.15, -0.1) is 0 Å². The molecule has 3 N–H and O–H groups in total. The molecule has 1 saturated heterocycles. The number of aromatic nitrogens is 2. The molecule has 0 radical (unpaired) electrons. The number of fused-ring (bicyclic) bond motifs is 1. The fraction of sp³-hybridized carbons (Fsp3) is 0.370. The first kappa shape index (κ1) is 28.7. The number of hydrogen-bond donors (Lipinski definition) is 3. The monoisotopic (exact) mass is 561 g/mol. The lowest BCUT2D eigenvalue weighted by Crippen LogP contribution is -2.49. The maximum Gasteiger partial charge on any atom is 0.490 e. The van der Waals surface area contributed by atoms with Gasteiger partial charge >= 0.3 is 18.2 Å². The number of hydrazine groups is 1. The molecule has 1 fully saturated rings. The summed E-state index contributed by atoms with van der Waals surface area (Å²) in [6.45, 7) is 3.17. The molecule has 0 aliphatic carbocycles. The summed E-state index contributed by atoms with van der Waals surface area (Å²) in [5.41, 5.74) is 8.27. The van der Waals surface area contributed by atoms with E-state index in [0.717, 1.165) is 60.1 Å². The van der Waals surface area contributed by atoms with Gasteiger partial charge in [-0.1, -0.05) is 12.1 Å². The van der Waals surface area contributed by atoms with Crippen LogP contribution in [0.5, 0.6) is 11.5 Å². The van der Waals surface area contributed by atoms with Crippen LogP contribution in [0, 0.1) is 0 Å². The van der Waals surface area contributed by atoms with E-state index in [9.17, 15) is 18.0 Å². The van der Waals surface area contributed by atoms with Crippen LogP contribution < -0.4 is 14.9 Å². The van der Waals surface area contributed by atoms with E-state index in [1.54, 1.807) is 14.2 Å². The minimum absolute atomic E-state index is 0.0106. The number of carbonyl (C=O) groups excluding carboxylic acids is 1. The zero-order valence-corrected chi connectivity index (χ0v) is 22.0. The van der Waals surface area contributed by atoms with Crippen LogP contribution in [0.2, 0.25) is 0 Å². The van der Waals surface area contributed by atoms with Gasteiger partial charge in [0, 0.05) is 55.1 Å². The Hall–Kier alpha value is -4.26. The van der Waals surface area contributed by atoms with Crippen molar-refractivity contribution in [1.29, 1.82) is 0 Å². The Morgan fingerprint density at radius 2 is 1.75 bits per heavy atom. The molecule has 0 atom stereocenters. The second kappa shape index (κ2) is 12.3. The number of benzene rings is 1. The number of halogens is 3. The Kier molecular flexibility index (Phi) is 8.83. The molecule has 2 amide bonds. The lowest BCUT2D eigenvalue weighted by atomic mass is 9.98. The number of nitrogens with one attached hydrogen (secondary N) is 2. The van der Waals surface area contributed by atoms with E-state index in [2.05, 4.69) is 27.5 Å². The van der Waals surface area contributed by atoms with Crippen LogP contribution >= 0.6 is 0 Å². The van der Waals surface area contributed by atoms with Gasteiger partial charge in [0.05, 0.1) is 14.2 Å². The molecule has 2 aromatic heterocycles. The molecule has 2 aliphatic heterocycles. The maximum atomic E-state index is 12.6. The highest BCUT2D eigenvalue weighted by molar-refractivity contribution is 5.93. The predicted octanol–water partition coefficient (Wildman–Crippen LogP) is 4.69. The molecular weight excluding hydrogens is 531 g/mol. The number of methoxy groups -OCH3 is 2. The van der Waals surface area contributed by atoms with Crippen molar-refractivity contribution in [2.45, 2.75) is 25.4 Å². The fourth-order valence-corrected chi connectivity index (χ4v) is 4.58. The van der Waals surface area contributed by atoms with Crippen LogP contribution in [0.4, 0.5) is 18.0 Å². The van der Waals surface area contributed by atoms with Crippen molar-refractivity contribution in [3.8, 4) is 22.6 Å². The fourth-order valence-electron chi connectivity index (χ4n) is 4.58. The molecule has 214 valence electrons. The van der Waals surface area contributed by atoms with Crippen molar-refractivity contribution in [2.75, 3.05) is 40.4 Å². The van der Waals surface area contributed by atoms with Crippen LogP contribution in [0.1, 0.15) is 24.8 Å². The maximum absolute atomic E-state index is 12.6. The minimum Gasteiger partial charge on any atom is -0.493 e. The molecule has 2 aliphatic rings. The summed E-state index contributed by atoms with van der Waals surface area (Å²) in [4.78, 5) is 31.3. The molecule has 13 heteroatoms. The summed E-state index contributed by atoms with van der Waals surface area (Å²) in [6, 6.07) is 8.02. The lowest BCUT2D eigenvalue weighted by molar-refractivity contribution is -0.192. The number of rotatable bonds is 5. The van der Waals surface area contributed by atoms with Crippen LogP contribution in [0.15, 0.2) is 42.7 Å². The predicted molar refractivity (Wildman–Crippen MR) is 142 cm³/mol. The van der Waals surface area contributed by atoms with Crippen molar-refractivity contribution in [1.82, 2.24) is 25.3 Å². The number of amides is 2. The molecule has 4 heterocycles. The van der Waals surface area contributed by atoms with E-state index in [4.69, 9.17) is 19.4 Å². The molecule has 3 aromatic rings. The molecular formula is C27H30F3N5O5. The Morgan fingerprint density at radius 3 is 2.35 bits per heavy atom. The summed E-state index contributed by atoms with van der Waals surface area (Å²) in [5.74, 6) is -1.37. The second-order valence-corrected chi connectivity index (χ2v) is 9.23. The molecule has 0 saturated carbocycles. The van der Waals surface area contributed by atoms with Gasteiger partial charge < -0.3 is 24.5 Å². The Morgan fingerprint density at radius 1 is 1.05 bits per heavy atom. The third-order valence-electron chi connectivity index (χ3n) is 6.69. The SMILES string of the molecule is COc1ccc(-c2cnc3[nH]cc(C4=CCN(C(=O)NN5CCCC5)CC4)c3c2)cc1OC.O=C(O)C(F)(F)F. The number of pyridine rings is 1. The van der Waals surface area contributed by atoms with Gasteiger partial charge in [-0.3, -0.25) is 5.43 Å². The number of carboxylic acid groups (broad SMARTS) is 1. The first-order chi connectivity index (χ1) is 19.1. The van der Waals surface area contributed by atoms with E-state index < -0.39 is 12.1 Å². The molecule has 40 heavy (non-hydrogen) atoms. The number of aromatic amines is 1. The number of ether oxygens (including phenoxy) is 2. The average molecular weight is 562 g/mol. The number of alkyl halides is 3. The Bertz CT molecular complexity index is 1400. The zero-order chi connectivity index (χ0) is 28.9. The highest BCUT2D eigenvalue weighted by Crippen LogP contribution is 2.35. The number of nitrogens with zero attached hydrogens (tertiary/aromatic N) is 3. The van der Waals surface area contributed by atoms with Crippen molar-refractivity contribution in [3.63, 3.8) is 0 Å². The van der Waals surface area contributed by atoms with E-state index in [0.29, 0.717) is 24.6 Å². The third-order valence-corrected chi connectivity index (χ3v) is 6.69. The summed E-state index contributed by atoms with van der Waals surface area (Å²) in [7, 11) is 3.27. The molecule has 0 unspecified atom stereocenters. The van der Waals surface area contributed by atoms with Gasteiger partial charge in [-0.25, -0.2) is 19.6 Å². The Labute approximate surface area is 228 Å². The normalized spacial score (nSPS) is 15.7. The minimum atomic E-state index is -5.08. The number of urea groups is 1. The van der Waals surface area contributed by atoms with Crippen molar-refractivity contribution in [2.24, 2.45) is 0 Å². The van der Waals surface area contributed by atoms with Gasteiger partial charge in [0.1, 0.15) is 5.65 Å². The smallest absolute Gasteiger partial charge is 0.490 e. The Balaban J connectivity index is 0.000000470. The molecule has 10 nitrogen and oxygen atoms in total. The van der Waals surface area contributed by atoms with Crippen LogP contribution in [-0.4, -0.2) is 83.6 Å². The number of hydrogen-bond acceptors (Lipinski definition) is 6. The largest absolute Gasteiger partial charge is 0.493 e. The third kappa shape index (κ3) is 6.65. The van der Waals surface area contributed by atoms with Crippen molar-refractivity contribution >= 4 is 28.6 Å². The van der Waals surface area contributed by atoms with Gasteiger partial charge in [0.15, 0.2) is 11.5 Å². The molecule has 0 spiro atoms. The molecule has 1 aromatic carbocycles. The van der Waals surface area contributed by atoms with E-state index in [1.807, 2.05) is 40.5 Å². The number of carbonyl (C=O) groups is 2. The van der Waals surface area contributed by atoms with E-state index >= 15 is 0 Å². The standard InChI is InChI=1S/C25H29N5O3.C2HF3O2/c1-32-22-6-5-18(14-23(22)33-2)19-13-20-21(16-27-24(20)26-15-19)17-7-11-29(12-8-17)25(31)28-30-9-3-4-10-30;3-2(4,5)1(6)7/h5-7,13-16H,3-4,8-12H2,1-2H3,(H,26,27)(H,28,31);(H,6,7). The highest BCUT2D eigenvalue weighted by atomic mass is 19.4. The zero-order valence-electron chi connectivity index (χ0n) is 22.0. The van der Waals surface area contributed by atoms with Gasteiger partial charge in [0.25, 0.3) is 0 Å². The van der Waals surface area contributed by atoms with E-state index in [1.165, 1.54) is 5.57 Å². The first-order valence-corrected chi connectivity index (χ1v) is 12.6. The van der Waals surface area contributed by atoms with Gasteiger partial charge in [0.2, 0.25) is 0 Å². The molecule has 0 bridgehead atoms. The van der Waals surface area contributed by atoms with Gasteiger partial charge in [-0.05, 0) is 48.6 Å². The van der Waals surface area contributed by atoms with E-state index in [-0.39, 0.29) is 6.03 Å². The summed E-state index contributed by atoms with van der Waals surface area (Å²) >= 11 is 0. The van der Waals surface area contributed by atoms with Crippen LogP contribution in [-0.2, 0) is 4.79 Å². The van der Waals surface area contributed by atoms with Gasteiger partial charge in [-0.2, -0.15) is 13.2 Å². The number of aliphatic carboxylic acids is 1. The number of H-pyrrole nitrogens is 1. The summed E-state index contributed by atoms with van der Waals surface area (Å²) < 4.78 is 42.6. The van der Waals surface area contributed by atoms with Crippen LogP contribution in [0.25, 0.3) is 27.7 Å². The summed E-state index contributed by atoms with van der Waals surface area (Å²) in [6.07, 6.45) is 4.04. The quantitative estimate of drug-likeness (QED) is 0.414. The molecule has 5 rings (SSSR count). The van der Waals surface area contributed by atoms with Crippen molar-refractivity contribution in [3.05, 3.63) is 48.3 Å². The lowest BCUT2D eigenvalue weighted by Gasteiger charge is -2.28. The van der Waals surface area contributed by atoms with Crippen molar-refractivity contribution < 1.29 is 37.3 Å². The topological polar surface area (TPSA) is 120 Å². The second-order valence-electron chi connectivity index (χ2n) is 9.23. The first-order valence-electron chi connectivity index (χ1n) is 12.6.